The molecule has 2 aliphatic carbocycles. The van der Waals surface area contributed by atoms with Gasteiger partial charge >= 0.3 is 0 Å². The van der Waals surface area contributed by atoms with Gasteiger partial charge in [0.25, 0.3) is 0 Å². The van der Waals surface area contributed by atoms with E-state index in [4.69, 9.17) is 8.83 Å². The van der Waals surface area contributed by atoms with Crippen molar-refractivity contribution in [1.29, 1.82) is 0 Å². The molecule has 0 spiro atoms. The molecule has 0 amide bonds. The van der Waals surface area contributed by atoms with Crippen molar-refractivity contribution in [3.8, 4) is 11.1 Å². The number of benzene rings is 6. The first-order chi connectivity index (χ1) is 25.3. The molecular weight excluding hydrogens is 623 g/mol. The minimum absolute atomic E-state index is 0.223. The molecule has 0 radical (unpaired) electrons. The number of anilines is 2. The predicted molar refractivity (Wildman–Crippen MR) is 213 cm³/mol. The normalized spacial score (nSPS) is 17.1. The first-order valence-electron chi connectivity index (χ1n) is 17.8. The largest absolute Gasteiger partial charge is 0.456 e. The molecule has 3 nitrogen and oxygen atoms in total. The fraction of sp³-hybridized carbons (Fsp3) is 0.0833. The topological polar surface area (TPSA) is 29.5 Å². The maximum Gasteiger partial charge on any atom is 0.136 e. The molecule has 2 aromatic heterocycles. The Morgan fingerprint density at radius 2 is 1.20 bits per heavy atom. The zero-order valence-corrected chi connectivity index (χ0v) is 28.1. The Labute approximate surface area is 296 Å². The standard InChI is InChI=1S/C48H35NO2/c1-3-13-36(14-4-1)49(37-15-5-2-6-16-37)38-17-11-12-34(28-38)39-18-7-8-19-40(39)35-24-27-47-44(30-35)43-29-32(23-26-46(43)50-47)33-22-25-42-41-20-9-10-21-45(41)51-48(42)31-33/h1-15,17-18,20-31,37,40H,16,19H2. The van der Waals surface area contributed by atoms with Crippen LogP contribution >= 0.6 is 0 Å². The third-order valence-electron chi connectivity index (χ3n) is 10.5. The quantitative estimate of drug-likeness (QED) is 0.178. The van der Waals surface area contributed by atoms with Crippen LogP contribution in [0.25, 0.3) is 60.6 Å². The third-order valence-corrected chi connectivity index (χ3v) is 10.5. The summed E-state index contributed by atoms with van der Waals surface area (Å²) in [4.78, 5) is 2.46. The molecule has 2 heterocycles. The van der Waals surface area contributed by atoms with Crippen molar-refractivity contribution in [2.24, 2.45) is 0 Å². The zero-order valence-electron chi connectivity index (χ0n) is 28.1. The molecule has 8 aromatic rings. The molecule has 0 saturated carbocycles. The van der Waals surface area contributed by atoms with E-state index in [0.717, 1.165) is 67.8 Å². The maximum atomic E-state index is 6.39. The minimum Gasteiger partial charge on any atom is -0.456 e. The van der Waals surface area contributed by atoms with Crippen LogP contribution in [0.2, 0.25) is 0 Å². The SMILES string of the molecule is C1=CCC(c2ccc3oc4ccc(-c5ccc6c(c5)oc5ccccc56)cc4c3c2)C(c2cccc(N(c3ccccc3)C3C=CC=CC3)c2)=C1. The lowest BCUT2D eigenvalue weighted by atomic mass is 9.81. The van der Waals surface area contributed by atoms with E-state index in [1.54, 1.807) is 0 Å². The van der Waals surface area contributed by atoms with Crippen molar-refractivity contribution in [3.05, 3.63) is 187 Å². The molecule has 244 valence electrons. The van der Waals surface area contributed by atoms with E-state index in [1.165, 1.54) is 28.1 Å². The minimum atomic E-state index is 0.223. The monoisotopic (exact) mass is 657 g/mol. The highest BCUT2D eigenvalue weighted by Gasteiger charge is 2.24. The Balaban J connectivity index is 1.02. The highest BCUT2D eigenvalue weighted by atomic mass is 16.3. The fourth-order valence-corrected chi connectivity index (χ4v) is 8.05. The first kappa shape index (κ1) is 29.6. The summed E-state index contributed by atoms with van der Waals surface area (Å²) in [7, 11) is 0. The number of para-hydroxylation sites is 2. The average Bonchev–Trinajstić information content (AvgIpc) is 3.76. The average molecular weight is 658 g/mol. The van der Waals surface area contributed by atoms with Crippen molar-refractivity contribution < 1.29 is 8.83 Å². The first-order valence-corrected chi connectivity index (χ1v) is 17.8. The predicted octanol–water partition coefficient (Wildman–Crippen LogP) is 13.3. The molecule has 0 saturated heterocycles. The summed E-state index contributed by atoms with van der Waals surface area (Å²) in [5.74, 6) is 0.223. The van der Waals surface area contributed by atoms with Gasteiger partial charge in [-0.05, 0) is 107 Å². The second kappa shape index (κ2) is 12.2. The van der Waals surface area contributed by atoms with Crippen molar-refractivity contribution in [1.82, 2.24) is 0 Å². The Kier molecular flexibility index (Phi) is 7.09. The molecule has 0 aliphatic heterocycles. The van der Waals surface area contributed by atoms with Crippen molar-refractivity contribution in [2.45, 2.75) is 24.8 Å². The highest BCUT2D eigenvalue weighted by Crippen LogP contribution is 2.43. The second-order valence-corrected chi connectivity index (χ2v) is 13.6. The van der Waals surface area contributed by atoms with Crippen LogP contribution in [0.4, 0.5) is 11.4 Å². The molecule has 2 unspecified atom stereocenters. The molecule has 0 N–H and O–H groups in total. The van der Waals surface area contributed by atoms with Crippen molar-refractivity contribution >= 4 is 60.8 Å². The number of allylic oxidation sites excluding steroid dienone is 6. The van der Waals surface area contributed by atoms with Gasteiger partial charge in [-0.3, -0.25) is 0 Å². The number of furan rings is 2. The van der Waals surface area contributed by atoms with Gasteiger partial charge < -0.3 is 13.7 Å². The molecule has 3 heteroatoms. The Morgan fingerprint density at radius 3 is 2.10 bits per heavy atom. The van der Waals surface area contributed by atoms with Gasteiger partial charge in [-0.2, -0.15) is 0 Å². The number of rotatable bonds is 6. The van der Waals surface area contributed by atoms with Gasteiger partial charge in [0.1, 0.15) is 22.3 Å². The molecule has 51 heavy (non-hydrogen) atoms. The lowest BCUT2D eigenvalue weighted by molar-refractivity contribution is 0.668. The van der Waals surface area contributed by atoms with Crippen LogP contribution in [-0.4, -0.2) is 6.04 Å². The van der Waals surface area contributed by atoms with E-state index in [1.807, 2.05) is 12.1 Å². The van der Waals surface area contributed by atoms with E-state index in [0.29, 0.717) is 0 Å². The van der Waals surface area contributed by atoms with Gasteiger partial charge in [0, 0.05) is 38.8 Å². The summed E-state index contributed by atoms with van der Waals surface area (Å²) in [5.41, 5.74) is 12.2. The molecular formula is C48H35NO2. The Bertz CT molecular complexity index is 2720. The van der Waals surface area contributed by atoms with Gasteiger partial charge in [0.05, 0.1) is 6.04 Å². The van der Waals surface area contributed by atoms with Crippen molar-refractivity contribution in [3.63, 3.8) is 0 Å². The smallest absolute Gasteiger partial charge is 0.136 e. The van der Waals surface area contributed by atoms with Gasteiger partial charge in [0.2, 0.25) is 0 Å². The molecule has 2 atom stereocenters. The maximum absolute atomic E-state index is 6.39. The van der Waals surface area contributed by atoms with Gasteiger partial charge in [-0.15, -0.1) is 0 Å². The van der Waals surface area contributed by atoms with E-state index in [2.05, 4.69) is 169 Å². The molecule has 0 bridgehead atoms. The van der Waals surface area contributed by atoms with Crippen LogP contribution in [0.1, 0.15) is 29.9 Å². The van der Waals surface area contributed by atoms with Gasteiger partial charge in [-0.25, -0.2) is 0 Å². The Hall–Kier alpha value is -6.32. The summed E-state index contributed by atoms with van der Waals surface area (Å²) in [6.45, 7) is 0. The molecule has 2 aliphatic rings. The van der Waals surface area contributed by atoms with Crippen molar-refractivity contribution in [2.75, 3.05) is 4.90 Å². The summed E-state index contributed by atoms with van der Waals surface area (Å²) >= 11 is 0. The van der Waals surface area contributed by atoms with Crippen LogP contribution in [0.5, 0.6) is 0 Å². The molecule has 10 rings (SSSR count). The second-order valence-electron chi connectivity index (χ2n) is 13.6. The van der Waals surface area contributed by atoms with E-state index < -0.39 is 0 Å². The van der Waals surface area contributed by atoms with E-state index in [-0.39, 0.29) is 12.0 Å². The Morgan fingerprint density at radius 1 is 0.471 bits per heavy atom. The van der Waals surface area contributed by atoms with Crippen LogP contribution in [0.3, 0.4) is 0 Å². The number of hydrogen-bond donors (Lipinski definition) is 0. The molecule has 6 aromatic carbocycles. The van der Waals surface area contributed by atoms with Crippen LogP contribution in [-0.2, 0) is 0 Å². The van der Waals surface area contributed by atoms with Crippen LogP contribution < -0.4 is 4.90 Å². The van der Waals surface area contributed by atoms with Crippen LogP contribution in [0.15, 0.2) is 185 Å². The van der Waals surface area contributed by atoms with Crippen LogP contribution in [0, 0.1) is 0 Å². The summed E-state index contributed by atoms with van der Waals surface area (Å²) in [6, 6.07) is 48.1. The third kappa shape index (κ3) is 5.21. The lowest BCUT2D eigenvalue weighted by Crippen LogP contribution is -2.29. The number of nitrogens with zero attached hydrogens (tertiary/aromatic N) is 1. The summed E-state index contributed by atoms with van der Waals surface area (Å²) in [5, 5.41) is 4.55. The van der Waals surface area contributed by atoms with Gasteiger partial charge in [-0.1, -0.05) is 109 Å². The summed E-state index contributed by atoms with van der Waals surface area (Å²) in [6.07, 6.45) is 17.6. The van der Waals surface area contributed by atoms with Gasteiger partial charge in [0.15, 0.2) is 0 Å². The summed E-state index contributed by atoms with van der Waals surface area (Å²) < 4.78 is 12.6. The number of fused-ring (bicyclic) bond motifs is 6. The fourth-order valence-electron chi connectivity index (χ4n) is 8.05. The number of hydrogen-bond acceptors (Lipinski definition) is 3. The zero-order chi connectivity index (χ0) is 33.7. The van der Waals surface area contributed by atoms with E-state index in [9.17, 15) is 0 Å². The lowest BCUT2D eigenvalue weighted by Gasteiger charge is -2.33. The highest BCUT2D eigenvalue weighted by molar-refractivity contribution is 6.08. The molecule has 0 fully saturated rings. The van der Waals surface area contributed by atoms with E-state index >= 15 is 0 Å².